The van der Waals surface area contributed by atoms with Gasteiger partial charge < -0.3 is 25.1 Å². The van der Waals surface area contributed by atoms with Crippen molar-refractivity contribution in [1.29, 1.82) is 0 Å². The van der Waals surface area contributed by atoms with Crippen molar-refractivity contribution in [1.82, 2.24) is 4.98 Å². The van der Waals surface area contributed by atoms with Crippen molar-refractivity contribution in [3.8, 4) is 23.0 Å². The molecule has 0 radical (unpaired) electrons. The molecule has 0 spiro atoms. The number of fused-ring (bicyclic) bond motifs is 1. The van der Waals surface area contributed by atoms with E-state index in [2.05, 4.69) is 9.71 Å². The second-order valence-corrected chi connectivity index (χ2v) is 9.64. The fraction of sp³-hybridized carbons (Fsp3) is 0.154. The summed E-state index contributed by atoms with van der Waals surface area (Å²) >= 11 is 0. The highest BCUT2D eigenvalue weighted by Gasteiger charge is 2.16. The van der Waals surface area contributed by atoms with Gasteiger partial charge in [0.05, 0.1) is 24.1 Å². The lowest BCUT2D eigenvalue weighted by Crippen LogP contribution is -2.31. The molecule has 0 bridgehead atoms. The average molecular weight is 524 g/mol. The van der Waals surface area contributed by atoms with E-state index in [0.29, 0.717) is 39.6 Å². The summed E-state index contributed by atoms with van der Waals surface area (Å²) in [5, 5.41) is 9.58. The van der Waals surface area contributed by atoms with Gasteiger partial charge in [-0.2, -0.15) is 0 Å². The second-order valence-electron chi connectivity index (χ2n) is 7.96. The zero-order chi connectivity index (χ0) is 26.4. The number of aromatic nitrogens is 1. The van der Waals surface area contributed by atoms with Crippen LogP contribution in [0.5, 0.6) is 23.0 Å². The number of sulfonamides is 1. The number of anilines is 1. The molecule has 4 N–H and O–H groups in total. The van der Waals surface area contributed by atoms with Crippen LogP contribution in [0, 0.1) is 0 Å². The number of nitrogens with one attached hydrogen (secondary N) is 1. The van der Waals surface area contributed by atoms with Crippen LogP contribution in [-0.4, -0.2) is 44.2 Å². The normalized spacial score (nSPS) is 12.1. The number of ether oxygens (including phenoxy) is 3. The highest BCUT2D eigenvalue weighted by atomic mass is 32.2. The molecule has 1 atom stereocenters. The Labute approximate surface area is 213 Å². The second kappa shape index (κ2) is 11.1. The molecule has 0 aliphatic rings. The minimum Gasteiger partial charge on any atom is -0.493 e. The Morgan fingerprint density at radius 3 is 2.43 bits per heavy atom. The van der Waals surface area contributed by atoms with E-state index in [0.717, 1.165) is 0 Å². The lowest BCUT2D eigenvalue weighted by atomic mass is 10.1. The molecule has 192 valence electrons. The maximum atomic E-state index is 12.5. The molecule has 0 amide bonds. The van der Waals surface area contributed by atoms with Gasteiger partial charge in [0.25, 0.3) is 10.0 Å². The molecule has 0 aliphatic heterocycles. The lowest BCUT2D eigenvalue weighted by molar-refractivity contribution is -0.138. The van der Waals surface area contributed by atoms with Gasteiger partial charge in [-0.3, -0.25) is 14.5 Å². The van der Waals surface area contributed by atoms with Crippen LogP contribution in [-0.2, 0) is 14.8 Å². The molecular weight excluding hydrogens is 498 g/mol. The van der Waals surface area contributed by atoms with Crippen molar-refractivity contribution < 1.29 is 32.5 Å². The highest BCUT2D eigenvalue weighted by molar-refractivity contribution is 7.92. The number of carboxylic acid groups (broad SMARTS) is 1. The first-order chi connectivity index (χ1) is 17.8. The first-order valence-corrected chi connectivity index (χ1v) is 12.7. The quantitative estimate of drug-likeness (QED) is 0.265. The van der Waals surface area contributed by atoms with Crippen LogP contribution >= 0.6 is 0 Å². The maximum absolute atomic E-state index is 12.5. The number of nitrogens with zero attached hydrogens (tertiary/aromatic N) is 1. The number of carboxylic acids is 1. The minimum absolute atomic E-state index is 0.0892. The monoisotopic (exact) mass is 523 g/mol. The summed E-state index contributed by atoms with van der Waals surface area (Å²) in [6.07, 6.45) is 1.71. The van der Waals surface area contributed by atoms with Crippen molar-refractivity contribution in [3.05, 3.63) is 79.0 Å². The summed E-state index contributed by atoms with van der Waals surface area (Å²) in [4.78, 5) is 15.4. The Morgan fingerprint density at radius 2 is 1.76 bits per heavy atom. The minimum atomic E-state index is -3.70. The number of hydrogen-bond donors (Lipinski definition) is 3. The van der Waals surface area contributed by atoms with E-state index in [1.807, 2.05) is 0 Å². The van der Waals surface area contributed by atoms with Crippen LogP contribution < -0.4 is 24.7 Å². The van der Waals surface area contributed by atoms with Crippen molar-refractivity contribution >= 4 is 32.6 Å². The summed E-state index contributed by atoms with van der Waals surface area (Å²) in [5.41, 5.74) is 6.49. The van der Waals surface area contributed by atoms with Crippen LogP contribution in [0.15, 0.2) is 83.9 Å². The molecule has 0 aliphatic carbocycles. The Balaban J connectivity index is 1.51. The van der Waals surface area contributed by atoms with Gasteiger partial charge in [-0.15, -0.1) is 0 Å². The number of pyridine rings is 1. The van der Waals surface area contributed by atoms with Gasteiger partial charge in [0.1, 0.15) is 17.5 Å². The van der Waals surface area contributed by atoms with E-state index >= 15 is 0 Å². The van der Waals surface area contributed by atoms with Gasteiger partial charge in [-0.05, 0) is 48.5 Å². The molecule has 1 aromatic heterocycles. The first-order valence-electron chi connectivity index (χ1n) is 11.2. The van der Waals surface area contributed by atoms with Crippen molar-refractivity contribution in [2.75, 3.05) is 18.4 Å². The van der Waals surface area contributed by atoms with Crippen LogP contribution in [0.2, 0.25) is 0 Å². The summed E-state index contributed by atoms with van der Waals surface area (Å²) in [6, 6.07) is 18.7. The highest BCUT2D eigenvalue weighted by Crippen LogP contribution is 2.37. The van der Waals surface area contributed by atoms with Crippen LogP contribution in [0.25, 0.3) is 10.9 Å². The van der Waals surface area contributed by atoms with Crippen LogP contribution in [0.3, 0.4) is 0 Å². The van der Waals surface area contributed by atoms with Crippen molar-refractivity contribution in [2.45, 2.75) is 17.4 Å². The van der Waals surface area contributed by atoms with E-state index in [4.69, 9.17) is 25.1 Å². The van der Waals surface area contributed by atoms with E-state index < -0.39 is 22.0 Å². The molecule has 4 rings (SSSR count). The maximum Gasteiger partial charge on any atom is 0.320 e. The molecular formula is C26H25N3O7S. The van der Waals surface area contributed by atoms with Crippen molar-refractivity contribution in [2.24, 2.45) is 5.73 Å². The number of benzene rings is 3. The first kappa shape index (κ1) is 25.7. The molecule has 0 saturated carbocycles. The number of hydrogen-bond acceptors (Lipinski definition) is 8. The topological polar surface area (TPSA) is 150 Å². The summed E-state index contributed by atoms with van der Waals surface area (Å²) in [5.74, 6) is 0.698. The molecule has 11 heteroatoms. The number of methoxy groups -OCH3 is 1. The third-order valence-corrected chi connectivity index (χ3v) is 6.78. The van der Waals surface area contributed by atoms with Gasteiger partial charge in [0, 0.05) is 29.8 Å². The fourth-order valence-corrected chi connectivity index (χ4v) is 4.52. The molecule has 3 aromatic carbocycles. The molecule has 1 heterocycles. The number of nitrogens with two attached hydrogens (primary N) is 1. The van der Waals surface area contributed by atoms with Crippen LogP contribution in [0.4, 0.5) is 5.69 Å². The molecule has 10 nitrogen and oxygen atoms in total. The third kappa shape index (κ3) is 6.26. The fourth-order valence-electron chi connectivity index (χ4n) is 3.44. The molecule has 0 saturated heterocycles. The molecule has 0 fully saturated rings. The average Bonchev–Trinajstić information content (AvgIpc) is 2.89. The molecule has 0 unspecified atom stereocenters. The zero-order valence-corrected chi connectivity index (χ0v) is 20.6. The predicted octanol–water partition coefficient (Wildman–Crippen LogP) is 4.02. The Hall–Kier alpha value is -4.35. The number of carbonyl (C=O) groups is 1. The lowest BCUT2D eigenvalue weighted by Gasteiger charge is -2.15. The third-order valence-electron chi connectivity index (χ3n) is 5.38. The number of rotatable bonds is 11. The Bertz CT molecular complexity index is 1490. The van der Waals surface area contributed by atoms with Gasteiger partial charge in [-0.25, -0.2) is 8.42 Å². The van der Waals surface area contributed by atoms with E-state index in [1.165, 1.54) is 19.2 Å². The largest absolute Gasteiger partial charge is 0.493 e. The SMILES string of the molecule is COc1cc2c(Oc3ccc(NS(=O)(=O)c4ccccc4)cc3)ccnc2cc1OCC[C@H](N)C(=O)O. The van der Waals surface area contributed by atoms with E-state index in [-0.39, 0.29) is 17.9 Å². The van der Waals surface area contributed by atoms with Crippen LogP contribution in [0.1, 0.15) is 6.42 Å². The Morgan fingerprint density at radius 1 is 1.03 bits per heavy atom. The van der Waals surface area contributed by atoms with Gasteiger partial charge in [0.2, 0.25) is 0 Å². The molecule has 37 heavy (non-hydrogen) atoms. The summed E-state index contributed by atoms with van der Waals surface area (Å²) in [6.45, 7) is 0.0892. The van der Waals surface area contributed by atoms with Gasteiger partial charge in [-0.1, -0.05) is 18.2 Å². The van der Waals surface area contributed by atoms with Crippen molar-refractivity contribution in [3.63, 3.8) is 0 Å². The standard InChI is InChI=1S/C26H25N3O7S/c1-34-24-15-20-22(16-25(24)35-14-12-21(27)26(30)31)28-13-11-23(20)36-18-9-7-17(8-10-18)29-37(32,33)19-5-3-2-4-6-19/h2-11,13,15-16,21,29H,12,14,27H2,1H3,(H,30,31)/t21-/m0/s1. The van der Waals surface area contributed by atoms with E-state index in [9.17, 15) is 13.2 Å². The number of aliphatic carboxylic acids is 1. The van der Waals surface area contributed by atoms with Gasteiger partial charge in [0.15, 0.2) is 11.5 Å². The zero-order valence-electron chi connectivity index (χ0n) is 19.8. The smallest absolute Gasteiger partial charge is 0.320 e. The Kier molecular flexibility index (Phi) is 7.75. The molecule has 4 aromatic rings. The van der Waals surface area contributed by atoms with Gasteiger partial charge >= 0.3 is 5.97 Å². The summed E-state index contributed by atoms with van der Waals surface area (Å²) in [7, 11) is -2.21. The summed E-state index contributed by atoms with van der Waals surface area (Å²) < 4.78 is 44.8. The van der Waals surface area contributed by atoms with E-state index in [1.54, 1.807) is 66.9 Å². The predicted molar refractivity (Wildman–Crippen MR) is 138 cm³/mol.